The van der Waals surface area contributed by atoms with Gasteiger partial charge in [-0.1, -0.05) is 64.6 Å². The fourth-order valence-electron chi connectivity index (χ4n) is 2.38. The molecule has 7 nitrogen and oxygen atoms in total. The highest BCUT2D eigenvalue weighted by Gasteiger charge is 2.12. The monoisotopic (exact) mass is 507 g/mol. The molecule has 0 aliphatic rings. The Kier molecular flexibility index (Phi) is 8.19. The van der Waals surface area contributed by atoms with E-state index in [-0.39, 0.29) is 11.4 Å². The second-order valence-electron chi connectivity index (χ2n) is 6.08. The van der Waals surface area contributed by atoms with E-state index in [9.17, 15) is 9.59 Å². The highest BCUT2D eigenvalue weighted by atomic mass is 35.5. The molecule has 0 fully saturated rings. The molecule has 0 aliphatic heterocycles. The fourth-order valence-corrected chi connectivity index (χ4v) is 3.37. The Morgan fingerprint density at radius 2 is 1.00 bits per heavy atom. The summed E-state index contributed by atoms with van der Waals surface area (Å²) in [5.41, 5.74) is 5.46. The Bertz CT molecular complexity index is 1100. The Balaban J connectivity index is 1.65. The van der Waals surface area contributed by atoms with Gasteiger partial charge < -0.3 is 0 Å². The molecule has 0 atom stereocenters. The van der Waals surface area contributed by atoms with E-state index in [1.165, 1.54) is 30.6 Å². The number of rotatable bonds is 6. The maximum Gasteiger partial charge on any atom is 0.289 e. The van der Waals surface area contributed by atoms with Gasteiger partial charge in [-0.05, 0) is 36.4 Å². The molecule has 1 aromatic heterocycles. The average molecular weight is 509 g/mol. The minimum atomic E-state index is -0.634. The number of hydrogen-bond donors (Lipinski definition) is 2. The van der Waals surface area contributed by atoms with E-state index in [4.69, 9.17) is 46.4 Å². The molecular weight excluding hydrogens is 496 g/mol. The predicted molar refractivity (Wildman–Crippen MR) is 127 cm³/mol. The lowest BCUT2D eigenvalue weighted by atomic mass is 10.2. The number of amides is 2. The van der Waals surface area contributed by atoms with Crippen molar-refractivity contribution in [1.29, 1.82) is 0 Å². The van der Waals surface area contributed by atoms with E-state index in [0.717, 1.165) is 0 Å². The highest BCUT2D eigenvalue weighted by molar-refractivity contribution is 6.39. The van der Waals surface area contributed by atoms with E-state index in [2.05, 4.69) is 26.0 Å². The maximum atomic E-state index is 12.3. The third-order valence-electron chi connectivity index (χ3n) is 3.93. The van der Waals surface area contributed by atoms with Gasteiger partial charge in [0.2, 0.25) is 0 Å². The van der Waals surface area contributed by atoms with Crippen molar-refractivity contribution in [2.45, 2.75) is 0 Å². The van der Waals surface area contributed by atoms with E-state index in [1.54, 1.807) is 36.4 Å². The maximum absolute atomic E-state index is 12.3. The number of carbonyl (C=O) groups excluding carboxylic acids is 2. The number of hydrazone groups is 2. The number of benzene rings is 2. The summed E-state index contributed by atoms with van der Waals surface area (Å²) in [7, 11) is 0. The summed E-state index contributed by atoms with van der Waals surface area (Å²) < 4.78 is 0. The lowest BCUT2D eigenvalue weighted by Gasteiger charge is -2.04. The topological polar surface area (TPSA) is 95.8 Å². The standard InChI is InChI=1S/C21H13Cl4N5O2/c22-14-4-1-5-15(23)12(14)10-26-29-20(31)18-8-3-9-19(28-18)21(32)30-27-11-13-16(24)6-2-7-17(13)25/h1-11H,(H,29,31)(H,30,32)/b26-10-,27-11-. The molecular formula is C21H13Cl4N5O2. The van der Waals surface area contributed by atoms with Gasteiger partial charge in [-0.15, -0.1) is 0 Å². The molecule has 2 N–H and O–H groups in total. The van der Waals surface area contributed by atoms with Gasteiger partial charge in [0.25, 0.3) is 11.8 Å². The zero-order valence-electron chi connectivity index (χ0n) is 16.0. The van der Waals surface area contributed by atoms with Gasteiger partial charge in [0.15, 0.2) is 0 Å². The van der Waals surface area contributed by atoms with Gasteiger partial charge >= 0.3 is 0 Å². The van der Waals surface area contributed by atoms with E-state index >= 15 is 0 Å². The third kappa shape index (κ3) is 6.05. The molecule has 11 heteroatoms. The summed E-state index contributed by atoms with van der Waals surface area (Å²) in [6.07, 6.45) is 2.63. The lowest BCUT2D eigenvalue weighted by molar-refractivity contribution is 0.0946. The van der Waals surface area contributed by atoms with Crippen LogP contribution in [0.3, 0.4) is 0 Å². The van der Waals surface area contributed by atoms with Crippen LogP contribution in [0.15, 0.2) is 64.8 Å². The number of nitrogens with one attached hydrogen (secondary N) is 2. The number of halogens is 4. The van der Waals surface area contributed by atoms with E-state index < -0.39 is 11.8 Å². The number of hydrogen-bond acceptors (Lipinski definition) is 5. The van der Waals surface area contributed by atoms with Crippen LogP contribution in [0, 0.1) is 0 Å². The van der Waals surface area contributed by atoms with Crippen LogP contribution in [0.1, 0.15) is 32.1 Å². The molecule has 0 radical (unpaired) electrons. The van der Waals surface area contributed by atoms with Crippen molar-refractivity contribution in [2.24, 2.45) is 10.2 Å². The first-order valence-corrected chi connectivity index (χ1v) is 10.4. The van der Waals surface area contributed by atoms with Crippen LogP contribution in [0.5, 0.6) is 0 Å². The van der Waals surface area contributed by atoms with Crippen molar-refractivity contribution >= 4 is 70.6 Å². The van der Waals surface area contributed by atoms with Gasteiger partial charge in [-0.25, -0.2) is 15.8 Å². The van der Waals surface area contributed by atoms with Crippen molar-refractivity contribution in [3.8, 4) is 0 Å². The second kappa shape index (κ2) is 11.1. The SMILES string of the molecule is O=C(N/N=C\c1c(Cl)cccc1Cl)c1cccc(C(=O)N/N=C\c2c(Cl)cccc2Cl)n1. The Hall–Kier alpha value is -2.97. The molecule has 0 unspecified atom stereocenters. The van der Waals surface area contributed by atoms with Crippen LogP contribution in [-0.2, 0) is 0 Å². The van der Waals surface area contributed by atoms with Crippen LogP contribution >= 0.6 is 46.4 Å². The first-order chi connectivity index (χ1) is 15.4. The lowest BCUT2D eigenvalue weighted by Crippen LogP contribution is -2.23. The quantitative estimate of drug-likeness (QED) is 0.352. The van der Waals surface area contributed by atoms with Crippen molar-refractivity contribution in [1.82, 2.24) is 15.8 Å². The Morgan fingerprint density at radius 1 is 0.656 bits per heavy atom. The zero-order chi connectivity index (χ0) is 23.1. The highest BCUT2D eigenvalue weighted by Crippen LogP contribution is 2.22. The van der Waals surface area contributed by atoms with Crippen LogP contribution in [0.25, 0.3) is 0 Å². The summed E-state index contributed by atoms with van der Waals surface area (Å²) in [5.74, 6) is -1.27. The normalized spacial score (nSPS) is 11.1. The van der Waals surface area contributed by atoms with Crippen molar-refractivity contribution in [2.75, 3.05) is 0 Å². The van der Waals surface area contributed by atoms with Crippen LogP contribution < -0.4 is 10.9 Å². The van der Waals surface area contributed by atoms with Gasteiger partial charge in [0.1, 0.15) is 11.4 Å². The largest absolute Gasteiger partial charge is 0.289 e. The van der Waals surface area contributed by atoms with Crippen LogP contribution in [-0.4, -0.2) is 29.2 Å². The summed E-state index contributed by atoms with van der Waals surface area (Å²) in [4.78, 5) is 28.6. The summed E-state index contributed by atoms with van der Waals surface area (Å²) in [5, 5.41) is 9.18. The summed E-state index contributed by atoms with van der Waals surface area (Å²) >= 11 is 24.2. The van der Waals surface area contributed by atoms with Crippen molar-refractivity contribution < 1.29 is 9.59 Å². The molecule has 3 rings (SSSR count). The van der Waals surface area contributed by atoms with Gasteiger partial charge in [0.05, 0.1) is 32.5 Å². The van der Waals surface area contributed by atoms with Gasteiger partial charge in [-0.3, -0.25) is 9.59 Å². The number of pyridine rings is 1. The molecule has 2 aromatic carbocycles. The molecule has 2 amide bonds. The second-order valence-corrected chi connectivity index (χ2v) is 7.71. The molecule has 162 valence electrons. The molecule has 0 saturated heterocycles. The van der Waals surface area contributed by atoms with E-state index in [0.29, 0.717) is 31.2 Å². The molecule has 3 aromatic rings. The number of aromatic nitrogens is 1. The first-order valence-electron chi connectivity index (χ1n) is 8.88. The Labute approximate surface area is 203 Å². The fraction of sp³-hybridized carbons (Fsp3) is 0. The van der Waals surface area contributed by atoms with E-state index in [1.807, 2.05) is 0 Å². The average Bonchev–Trinajstić information content (AvgIpc) is 2.77. The number of nitrogens with zero attached hydrogens (tertiary/aromatic N) is 3. The molecule has 0 bridgehead atoms. The molecule has 0 spiro atoms. The van der Waals surface area contributed by atoms with Gasteiger partial charge in [0, 0.05) is 11.1 Å². The van der Waals surface area contributed by atoms with Crippen LogP contribution in [0.2, 0.25) is 20.1 Å². The predicted octanol–water partition coefficient (Wildman–Crippen LogP) is 5.22. The Morgan fingerprint density at radius 3 is 1.38 bits per heavy atom. The van der Waals surface area contributed by atoms with Crippen LogP contribution in [0.4, 0.5) is 0 Å². The molecule has 32 heavy (non-hydrogen) atoms. The zero-order valence-corrected chi connectivity index (χ0v) is 19.0. The number of carbonyl (C=O) groups is 2. The smallest absolute Gasteiger partial charge is 0.266 e. The minimum Gasteiger partial charge on any atom is -0.266 e. The van der Waals surface area contributed by atoms with Crippen molar-refractivity contribution in [3.05, 3.63) is 97.2 Å². The molecule has 1 heterocycles. The first kappa shape index (κ1) is 23.7. The van der Waals surface area contributed by atoms with Gasteiger partial charge in [-0.2, -0.15) is 10.2 Å². The summed E-state index contributed by atoms with van der Waals surface area (Å²) in [6, 6.07) is 14.3. The third-order valence-corrected chi connectivity index (χ3v) is 5.25. The van der Waals surface area contributed by atoms with Crippen molar-refractivity contribution in [3.63, 3.8) is 0 Å². The minimum absolute atomic E-state index is 0.0295. The molecule has 0 saturated carbocycles. The summed E-state index contributed by atoms with van der Waals surface area (Å²) in [6.45, 7) is 0. The molecule has 0 aliphatic carbocycles.